The molecule has 0 fully saturated rings. The highest BCUT2D eigenvalue weighted by atomic mass is 16.6. The summed E-state index contributed by atoms with van der Waals surface area (Å²) >= 11 is 0. The highest BCUT2D eigenvalue weighted by Crippen LogP contribution is 2.15. The number of allylic oxidation sites excluding steroid dienone is 2. The van der Waals surface area contributed by atoms with Crippen molar-refractivity contribution in [1.29, 1.82) is 0 Å². The van der Waals surface area contributed by atoms with Gasteiger partial charge in [-0.05, 0) is 113 Å². The van der Waals surface area contributed by atoms with Crippen LogP contribution in [-0.2, 0) is 30.2 Å². The first-order valence-corrected chi connectivity index (χ1v) is 20.7. The van der Waals surface area contributed by atoms with Crippen molar-refractivity contribution < 1.29 is 38.5 Å². The molecule has 2 aromatic carbocycles. The minimum Gasteiger partial charge on any atom is -0.465 e. The third-order valence-electron chi connectivity index (χ3n) is 9.02. The number of benzene rings is 2. The second-order valence-electron chi connectivity index (χ2n) is 13.8. The van der Waals surface area contributed by atoms with E-state index in [9.17, 15) is 19.2 Å². The topological polar surface area (TPSA) is 153 Å². The lowest BCUT2D eigenvalue weighted by Gasteiger charge is -2.16. The lowest BCUT2D eigenvalue weighted by atomic mass is 10.0. The number of esters is 1. The van der Waals surface area contributed by atoms with Crippen molar-refractivity contribution >= 4 is 29.9 Å². The van der Waals surface area contributed by atoms with Crippen LogP contribution in [0.5, 0.6) is 0 Å². The van der Waals surface area contributed by atoms with E-state index in [2.05, 4.69) is 27.8 Å². The van der Waals surface area contributed by atoms with Gasteiger partial charge in [-0.2, -0.15) is 4.99 Å². The zero-order valence-corrected chi connectivity index (χ0v) is 33.3. The maximum atomic E-state index is 11.8. The largest absolute Gasteiger partial charge is 0.465 e. The number of unbranched alkanes of at least 4 members (excludes halogenated alkanes) is 6. The number of aliphatic hydroxyl groups is 1. The molecule has 0 aliphatic heterocycles. The van der Waals surface area contributed by atoms with Gasteiger partial charge in [0.25, 0.3) is 0 Å². The van der Waals surface area contributed by atoms with Gasteiger partial charge in [-0.15, -0.1) is 0 Å². The Bertz CT molecular complexity index is 1410. The standard InChI is InChI=1S/C23H33NO4.C15H27NO3.C7H5NO/c25-22(19-20-13-7-6-8-14-20)27-18-12-5-4-11-17-24-23(26)28-21-15-9-2-1-3-10-16-21;17-13-9-5-4-8-12-16-15(18)19-14-10-6-2-1-3-7-11-14;9-6-8-7-4-2-1-3-5-7/h6-9,13-15,21H,1-5,10-12,16-19H2,(H,24,26);6,10,14,17H,1-5,7-9,11-13H2,(H,16,18);1-5H/b15-9+;10-6+;. The third-order valence-corrected chi connectivity index (χ3v) is 9.02. The Morgan fingerprint density at radius 3 is 1.71 bits per heavy atom. The van der Waals surface area contributed by atoms with Gasteiger partial charge in [0.2, 0.25) is 6.08 Å². The van der Waals surface area contributed by atoms with Crippen molar-refractivity contribution in [1.82, 2.24) is 10.6 Å². The van der Waals surface area contributed by atoms with E-state index < -0.39 is 0 Å². The summed E-state index contributed by atoms with van der Waals surface area (Å²) in [6.07, 6.45) is 27.9. The van der Waals surface area contributed by atoms with E-state index in [4.69, 9.17) is 19.3 Å². The van der Waals surface area contributed by atoms with Crippen molar-refractivity contribution in [2.24, 2.45) is 4.99 Å². The summed E-state index contributed by atoms with van der Waals surface area (Å²) in [5.74, 6) is -0.182. The molecule has 2 amide bonds. The quantitative estimate of drug-likeness (QED) is 0.0338. The minimum atomic E-state index is -0.329. The number of aliphatic hydroxyl groups excluding tert-OH is 1. The normalized spacial score (nSPS) is 17.4. The molecule has 11 nitrogen and oxygen atoms in total. The Morgan fingerprint density at radius 1 is 0.661 bits per heavy atom. The number of hydrogen-bond donors (Lipinski definition) is 3. The number of hydrogen-bond acceptors (Lipinski definition) is 9. The van der Waals surface area contributed by atoms with Crippen LogP contribution in [0.4, 0.5) is 15.3 Å². The Kier molecular flexibility index (Phi) is 28.4. The second-order valence-corrected chi connectivity index (χ2v) is 13.8. The number of nitrogens with one attached hydrogen (secondary N) is 2. The molecular weight excluding hydrogens is 711 g/mol. The van der Waals surface area contributed by atoms with Crippen molar-refractivity contribution in [2.45, 2.75) is 134 Å². The van der Waals surface area contributed by atoms with E-state index in [1.165, 1.54) is 31.8 Å². The van der Waals surface area contributed by atoms with E-state index in [0.29, 0.717) is 31.8 Å². The number of nitrogens with zero attached hydrogens (tertiary/aromatic N) is 1. The first kappa shape index (κ1) is 47.4. The molecule has 2 atom stereocenters. The van der Waals surface area contributed by atoms with Crippen LogP contribution in [0.25, 0.3) is 0 Å². The summed E-state index contributed by atoms with van der Waals surface area (Å²) < 4.78 is 16.1. The highest BCUT2D eigenvalue weighted by Gasteiger charge is 2.13. The van der Waals surface area contributed by atoms with Crippen LogP contribution in [0.2, 0.25) is 0 Å². The van der Waals surface area contributed by atoms with Crippen LogP contribution < -0.4 is 10.6 Å². The fourth-order valence-corrected chi connectivity index (χ4v) is 5.92. The van der Waals surface area contributed by atoms with Gasteiger partial charge < -0.3 is 30.0 Å². The molecule has 2 aromatic rings. The Morgan fingerprint density at radius 2 is 1.18 bits per heavy atom. The summed E-state index contributed by atoms with van der Waals surface area (Å²) in [6, 6.07) is 18.6. The van der Waals surface area contributed by atoms with Gasteiger partial charge in [-0.3, -0.25) is 4.79 Å². The van der Waals surface area contributed by atoms with Crippen molar-refractivity contribution in [2.75, 3.05) is 26.3 Å². The fourth-order valence-electron chi connectivity index (χ4n) is 5.92. The number of isocyanates is 1. The van der Waals surface area contributed by atoms with E-state index in [1.54, 1.807) is 12.1 Å². The fraction of sp³-hybridized carbons (Fsp3) is 0.556. The number of carbonyl (C=O) groups is 3. The Balaban J connectivity index is 0.000000331. The van der Waals surface area contributed by atoms with Gasteiger partial charge >= 0.3 is 18.2 Å². The molecule has 0 saturated carbocycles. The number of ether oxygens (including phenoxy) is 3. The van der Waals surface area contributed by atoms with E-state index >= 15 is 0 Å². The number of rotatable bonds is 18. The second kappa shape index (κ2) is 33.6. The van der Waals surface area contributed by atoms with Crippen LogP contribution >= 0.6 is 0 Å². The number of para-hydroxylation sites is 1. The summed E-state index contributed by atoms with van der Waals surface area (Å²) in [5, 5.41) is 14.2. The monoisotopic (exact) mass is 775 g/mol. The van der Waals surface area contributed by atoms with Crippen LogP contribution in [-0.4, -0.2) is 67.9 Å². The maximum absolute atomic E-state index is 11.8. The van der Waals surface area contributed by atoms with Crippen LogP contribution in [0.3, 0.4) is 0 Å². The number of carbonyl (C=O) groups excluding carboxylic acids is 4. The molecule has 2 aliphatic carbocycles. The first-order valence-electron chi connectivity index (χ1n) is 20.7. The van der Waals surface area contributed by atoms with E-state index in [1.807, 2.05) is 60.7 Å². The smallest absolute Gasteiger partial charge is 0.407 e. The highest BCUT2D eigenvalue weighted by molar-refractivity contribution is 5.72. The Labute approximate surface area is 334 Å². The summed E-state index contributed by atoms with van der Waals surface area (Å²) in [5.41, 5.74) is 1.62. The Hall–Kier alpha value is -4.73. The minimum absolute atomic E-state index is 0.0605. The first-order chi connectivity index (χ1) is 27.5. The summed E-state index contributed by atoms with van der Waals surface area (Å²) in [7, 11) is 0. The molecule has 308 valence electrons. The number of amides is 2. The number of alkyl carbamates (subject to hydrolysis) is 2. The summed E-state index contributed by atoms with van der Waals surface area (Å²) in [6.45, 7) is 1.97. The molecule has 0 aromatic heterocycles. The van der Waals surface area contributed by atoms with Crippen LogP contribution in [0.1, 0.15) is 121 Å². The van der Waals surface area contributed by atoms with Gasteiger partial charge in [0.1, 0.15) is 12.2 Å². The molecule has 56 heavy (non-hydrogen) atoms. The van der Waals surface area contributed by atoms with Gasteiger partial charge in [-0.1, -0.05) is 92.8 Å². The molecule has 0 spiro atoms. The maximum Gasteiger partial charge on any atom is 0.407 e. The van der Waals surface area contributed by atoms with E-state index in [0.717, 1.165) is 95.5 Å². The zero-order valence-electron chi connectivity index (χ0n) is 33.3. The van der Waals surface area contributed by atoms with Crippen LogP contribution in [0.15, 0.2) is 90.0 Å². The predicted octanol–water partition coefficient (Wildman–Crippen LogP) is 9.76. The lowest BCUT2D eigenvalue weighted by molar-refractivity contribution is -0.142. The molecule has 0 radical (unpaired) electrons. The van der Waals surface area contributed by atoms with Gasteiger partial charge in [-0.25, -0.2) is 14.4 Å². The van der Waals surface area contributed by atoms with Gasteiger partial charge in [0.15, 0.2) is 0 Å². The molecule has 3 N–H and O–H groups in total. The molecule has 2 aliphatic rings. The summed E-state index contributed by atoms with van der Waals surface area (Å²) in [4.78, 5) is 48.3. The molecule has 0 heterocycles. The zero-order chi connectivity index (χ0) is 40.2. The molecule has 4 rings (SSSR count). The van der Waals surface area contributed by atoms with Crippen molar-refractivity contribution in [3.05, 3.63) is 90.5 Å². The van der Waals surface area contributed by atoms with Crippen LogP contribution in [0, 0.1) is 0 Å². The lowest BCUT2D eigenvalue weighted by Crippen LogP contribution is -2.29. The molecule has 11 heteroatoms. The molecular formula is C45H65N3O8. The number of aliphatic imine (C=N–C) groups is 1. The molecule has 0 saturated heterocycles. The van der Waals surface area contributed by atoms with Crippen molar-refractivity contribution in [3.8, 4) is 0 Å². The predicted molar refractivity (Wildman–Crippen MR) is 220 cm³/mol. The SMILES string of the molecule is O=C(Cc1ccccc1)OCCCCCCNC(=O)OC1/C=C/CCCCC1.O=C(NCCCCCCO)OC1/C=C/CCCCC1.O=C=Nc1ccccc1. The van der Waals surface area contributed by atoms with Crippen molar-refractivity contribution in [3.63, 3.8) is 0 Å². The van der Waals surface area contributed by atoms with Gasteiger partial charge in [0.05, 0.1) is 18.7 Å². The van der Waals surface area contributed by atoms with E-state index in [-0.39, 0.29) is 37.0 Å². The average molecular weight is 776 g/mol. The van der Waals surface area contributed by atoms with Gasteiger partial charge in [0, 0.05) is 19.7 Å². The third kappa shape index (κ3) is 26.9. The average Bonchev–Trinajstić information content (AvgIpc) is 3.18. The molecule has 0 bridgehead atoms. The molecule has 2 unspecified atom stereocenters.